The van der Waals surface area contributed by atoms with Crippen LogP contribution in [0.25, 0.3) is 0 Å². The van der Waals surface area contributed by atoms with Crippen molar-refractivity contribution in [2.24, 2.45) is 0 Å². The van der Waals surface area contributed by atoms with E-state index in [9.17, 15) is 4.21 Å². The Morgan fingerprint density at radius 2 is 1.83 bits per heavy atom. The highest BCUT2D eigenvalue weighted by Gasteiger charge is 2.07. The third kappa shape index (κ3) is 2.82. The summed E-state index contributed by atoms with van der Waals surface area (Å²) < 4.78 is 25.2. The molecule has 0 aliphatic carbocycles. The van der Waals surface area contributed by atoms with Crippen molar-refractivity contribution in [3.8, 4) is 5.75 Å². The topological polar surface area (TPSA) is 46.5 Å². The van der Waals surface area contributed by atoms with E-state index in [4.69, 9.17) is 4.55 Å². The second-order valence-electron chi connectivity index (χ2n) is 1.85. The summed E-state index contributed by atoms with van der Waals surface area (Å²) in [7, 11) is 0. The molecular formula is C6H4I2O3S. The van der Waals surface area contributed by atoms with Crippen LogP contribution in [-0.2, 0) is 11.4 Å². The molecule has 0 aromatic heterocycles. The molecule has 1 N–H and O–H groups in total. The van der Waals surface area contributed by atoms with Crippen molar-refractivity contribution in [2.45, 2.75) is 0 Å². The van der Waals surface area contributed by atoms with Crippen LogP contribution < -0.4 is 4.18 Å². The van der Waals surface area contributed by atoms with Crippen molar-refractivity contribution in [1.82, 2.24) is 0 Å². The second-order valence-corrected chi connectivity index (χ2v) is 4.78. The standard InChI is InChI=1S/C6H4I2O3S/c7-4-2-1-3-5(8)6(4)11-12(9)10/h1-3H,(H,9,10). The molecule has 0 saturated carbocycles. The number of rotatable bonds is 2. The Bertz CT molecular complexity index is 295. The predicted octanol–water partition coefficient (Wildman–Crippen LogP) is 2.41. The summed E-state index contributed by atoms with van der Waals surface area (Å²) in [6, 6.07) is 5.48. The van der Waals surface area contributed by atoms with Crippen molar-refractivity contribution in [2.75, 3.05) is 0 Å². The first-order chi connectivity index (χ1) is 5.61. The van der Waals surface area contributed by atoms with Crippen LogP contribution >= 0.6 is 45.2 Å². The second kappa shape index (κ2) is 4.72. The predicted molar refractivity (Wildman–Crippen MR) is 63.3 cm³/mol. The molecule has 6 heteroatoms. The first-order valence-corrected chi connectivity index (χ1v) is 6.03. The molecule has 0 saturated heterocycles. The molecule has 1 atom stereocenters. The Morgan fingerprint density at radius 3 is 2.25 bits per heavy atom. The molecular weight excluding hydrogens is 406 g/mol. The largest absolute Gasteiger partial charge is 0.378 e. The summed E-state index contributed by atoms with van der Waals surface area (Å²) in [6.45, 7) is 0. The number of hydrogen-bond donors (Lipinski definition) is 1. The Hall–Kier alpha value is 0.590. The summed E-state index contributed by atoms with van der Waals surface area (Å²) in [6.07, 6.45) is 0. The number of para-hydroxylation sites is 1. The highest BCUT2D eigenvalue weighted by atomic mass is 127. The fourth-order valence-corrected chi connectivity index (χ4v) is 2.99. The van der Waals surface area contributed by atoms with E-state index in [1.165, 1.54) is 0 Å². The molecule has 0 aliphatic rings. The molecule has 66 valence electrons. The monoisotopic (exact) mass is 410 g/mol. The summed E-state index contributed by atoms with van der Waals surface area (Å²) in [4.78, 5) is 0. The fourth-order valence-electron chi connectivity index (χ4n) is 0.633. The maximum Gasteiger partial charge on any atom is 0.357 e. The lowest BCUT2D eigenvalue weighted by atomic mass is 10.3. The van der Waals surface area contributed by atoms with E-state index in [-0.39, 0.29) is 0 Å². The van der Waals surface area contributed by atoms with Gasteiger partial charge in [0.05, 0.1) is 7.14 Å². The first kappa shape index (κ1) is 10.7. The van der Waals surface area contributed by atoms with Gasteiger partial charge in [-0.3, -0.25) is 4.55 Å². The lowest BCUT2D eigenvalue weighted by Crippen LogP contribution is -2.00. The Balaban J connectivity index is 3.04. The molecule has 1 aromatic carbocycles. The Labute approximate surface area is 99.7 Å². The van der Waals surface area contributed by atoms with Crippen LogP contribution in [0.15, 0.2) is 18.2 Å². The molecule has 0 amide bonds. The Morgan fingerprint density at radius 1 is 1.33 bits per heavy atom. The third-order valence-corrected chi connectivity index (χ3v) is 3.08. The van der Waals surface area contributed by atoms with Gasteiger partial charge in [-0.2, -0.15) is 4.21 Å². The molecule has 3 nitrogen and oxygen atoms in total. The molecule has 1 rings (SSSR count). The van der Waals surface area contributed by atoms with Gasteiger partial charge in [-0.15, -0.1) is 0 Å². The lowest BCUT2D eigenvalue weighted by molar-refractivity contribution is 0.455. The van der Waals surface area contributed by atoms with Crippen molar-refractivity contribution in [3.05, 3.63) is 25.3 Å². The molecule has 0 radical (unpaired) electrons. The van der Waals surface area contributed by atoms with E-state index >= 15 is 0 Å². The van der Waals surface area contributed by atoms with E-state index < -0.39 is 11.4 Å². The van der Waals surface area contributed by atoms with Crippen molar-refractivity contribution in [3.63, 3.8) is 0 Å². The average Bonchev–Trinajstić information content (AvgIpc) is 1.97. The van der Waals surface area contributed by atoms with E-state index in [1.807, 2.05) is 63.4 Å². The van der Waals surface area contributed by atoms with Crippen LogP contribution in [0, 0.1) is 7.14 Å². The summed E-state index contributed by atoms with van der Waals surface area (Å²) in [5.74, 6) is 0.458. The molecule has 0 heterocycles. The zero-order valence-corrected chi connectivity index (χ0v) is 10.8. The molecule has 0 spiro atoms. The molecule has 1 aromatic rings. The van der Waals surface area contributed by atoms with Gasteiger partial charge in [0.1, 0.15) is 0 Å². The highest BCUT2D eigenvalue weighted by Crippen LogP contribution is 2.27. The molecule has 0 fully saturated rings. The van der Waals surface area contributed by atoms with Crippen LogP contribution in [0.2, 0.25) is 0 Å². The van der Waals surface area contributed by atoms with Gasteiger partial charge in [0.15, 0.2) is 5.75 Å². The van der Waals surface area contributed by atoms with Gasteiger partial charge in [0, 0.05) is 0 Å². The zero-order chi connectivity index (χ0) is 9.14. The van der Waals surface area contributed by atoms with E-state index in [1.54, 1.807) is 0 Å². The van der Waals surface area contributed by atoms with Crippen molar-refractivity contribution >= 4 is 56.5 Å². The number of hydrogen-bond acceptors (Lipinski definition) is 2. The lowest BCUT2D eigenvalue weighted by Gasteiger charge is -2.04. The van der Waals surface area contributed by atoms with Gasteiger partial charge in [-0.25, -0.2) is 0 Å². The summed E-state index contributed by atoms with van der Waals surface area (Å²) >= 11 is 1.84. The smallest absolute Gasteiger partial charge is 0.357 e. The maximum absolute atomic E-state index is 10.4. The third-order valence-electron chi connectivity index (χ3n) is 1.07. The van der Waals surface area contributed by atoms with Crippen LogP contribution in [0.3, 0.4) is 0 Å². The first-order valence-electron chi connectivity index (χ1n) is 2.84. The minimum absolute atomic E-state index is 0.458. The van der Waals surface area contributed by atoms with Gasteiger partial charge in [0.2, 0.25) is 0 Å². The van der Waals surface area contributed by atoms with Gasteiger partial charge in [-0.1, -0.05) is 6.07 Å². The Kier molecular flexibility index (Phi) is 4.20. The van der Waals surface area contributed by atoms with Gasteiger partial charge < -0.3 is 4.18 Å². The SMILES string of the molecule is O=S(O)Oc1c(I)cccc1I. The molecule has 0 aliphatic heterocycles. The van der Waals surface area contributed by atoms with Crippen LogP contribution in [0.1, 0.15) is 0 Å². The normalized spacial score (nSPS) is 12.6. The van der Waals surface area contributed by atoms with Crippen LogP contribution in [0.4, 0.5) is 0 Å². The van der Waals surface area contributed by atoms with Gasteiger partial charge >= 0.3 is 11.4 Å². The van der Waals surface area contributed by atoms with Crippen molar-refractivity contribution in [1.29, 1.82) is 0 Å². The molecule has 12 heavy (non-hydrogen) atoms. The minimum Gasteiger partial charge on any atom is -0.378 e. The van der Waals surface area contributed by atoms with E-state index in [2.05, 4.69) is 4.18 Å². The summed E-state index contributed by atoms with van der Waals surface area (Å²) in [5, 5.41) is 0. The maximum atomic E-state index is 10.4. The van der Waals surface area contributed by atoms with E-state index in [0.29, 0.717) is 5.75 Å². The average molecular weight is 410 g/mol. The van der Waals surface area contributed by atoms with Gasteiger partial charge in [-0.05, 0) is 57.3 Å². The van der Waals surface area contributed by atoms with Gasteiger partial charge in [0.25, 0.3) is 0 Å². The zero-order valence-electron chi connectivity index (χ0n) is 5.66. The number of halogens is 2. The van der Waals surface area contributed by atoms with E-state index in [0.717, 1.165) is 7.14 Å². The van der Waals surface area contributed by atoms with Crippen molar-refractivity contribution < 1.29 is 12.9 Å². The van der Waals surface area contributed by atoms with Crippen LogP contribution in [0.5, 0.6) is 5.75 Å². The molecule has 1 unspecified atom stereocenters. The minimum atomic E-state index is -2.25. The number of benzene rings is 1. The van der Waals surface area contributed by atoms with Crippen LogP contribution in [-0.4, -0.2) is 8.76 Å². The molecule has 0 bridgehead atoms. The quantitative estimate of drug-likeness (QED) is 0.602. The summed E-state index contributed by atoms with van der Waals surface area (Å²) in [5.41, 5.74) is 0. The highest BCUT2D eigenvalue weighted by molar-refractivity contribution is 14.1. The fraction of sp³-hybridized carbons (Fsp3) is 0.